The fourth-order valence-corrected chi connectivity index (χ4v) is 1.37. The zero-order valence-electron chi connectivity index (χ0n) is 6.15. The summed E-state index contributed by atoms with van der Waals surface area (Å²) in [6.45, 7) is -0.621. The molecule has 8 heteroatoms. The summed E-state index contributed by atoms with van der Waals surface area (Å²) in [5.74, 6) is -0.388. The first kappa shape index (κ1) is 10.3. The average molecular weight is 303 g/mol. The normalized spacial score (nSPS) is 10.8. The molecule has 5 nitrogen and oxygen atoms in total. The third-order valence-electron chi connectivity index (χ3n) is 1.20. The summed E-state index contributed by atoms with van der Waals surface area (Å²) in [7, 11) is 0. The molecule has 0 saturated heterocycles. The first-order valence-electron chi connectivity index (χ1n) is 3.16. The van der Waals surface area contributed by atoms with Crippen LogP contribution < -0.4 is 0 Å². The second kappa shape index (κ2) is 3.94. The number of nitrogens with zero attached hydrogens (tertiary/aromatic N) is 3. The highest BCUT2D eigenvalue weighted by atomic mass is 127. The Hall–Kier alpha value is -0.800. The van der Waals surface area contributed by atoms with Gasteiger partial charge in [0.15, 0.2) is 0 Å². The van der Waals surface area contributed by atoms with Crippen molar-refractivity contribution in [2.45, 2.75) is 13.0 Å². The van der Waals surface area contributed by atoms with Crippen molar-refractivity contribution in [3.63, 3.8) is 0 Å². The molecule has 0 aliphatic rings. The molecule has 0 atom stereocenters. The van der Waals surface area contributed by atoms with Crippen LogP contribution in [0.5, 0.6) is 0 Å². The maximum absolute atomic E-state index is 11.8. The Bertz CT molecular complexity index is 328. The van der Waals surface area contributed by atoms with E-state index in [0.29, 0.717) is 0 Å². The van der Waals surface area contributed by atoms with E-state index in [1.807, 2.05) is 0 Å². The van der Waals surface area contributed by atoms with Gasteiger partial charge >= 0.3 is 5.82 Å². The lowest BCUT2D eigenvalue weighted by molar-refractivity contribution is -0.390. The molecule has 0 unspecified atom stereocenters. The number of halogens is 3. The van der Waals surface area contributed by atoms with Gasteiger partial charge in [0.25, 0.3) is 6.43 Å². The lowest BCUT2D eigenvalue weighted by Gasteiger charge is -1.92. The van der Waals surface area contributed by atoms with Gasteiger partial charge in [-0.05, 0) is 27.5 Å². The third kappa shape index (κ3) is 2.57. The predicted molar refractivity (Wildman–Crippen MR) is 47.6 cm³/mol. The standard InChI is InChI=1S/C5H4F2IN3O2/c6-4(7)2-10-1-3(8)5(9-10)11(12)13/h1,4H,2H2. The van der Waals surface area contributed by atoms with E-state index in [-0.39, 0.29) is 9.39 Å². The Morgan fingerprint density at radius 1 is 1.77 bits per heavy atom. The smallest absolute Gasteiger partial charge is 0.358 e. The highest BCUT2D eigenvalue weighted by Crippen LogP contribution is 2.17. The van der Waals surface area contributed by atoms with Crippen LogP contribution in [0.4, 0.5) is 14.6 Å². The Labute approximate surface area is 85.0 Å². The van der Waals surface area contributed by atoms with Gasteiger partial charge in [0.2, 0.25) is 0 Å². The molecule has 1 aromatic heterocycles. The lowest BCUT2D eigenvalue weighted by Crippen LogP contribution is -2.07. The quantitative estimate of drug-likeness (QED) is 0.485. The summed E-state index contributed by atoms with van der Waals surface area (Å²) in [6.07, 6.45) is -1.35. The number of alkyl halides is 2. The summed E-state index contributed by atoms with van der Waals surface area (Å²) in [5.41, 5.74) is 0. The summed E-state index contributed by atoms with van der Waals surface area (Å²) < 4.78 is 24.8. The monoisotopic (exact) mass is 303 g/mol. The topological polar surface area (TPSA) is 61.0 Å². The Balaban J connectivity index is 2.89. The zero-order chi connectivity index (χ0) is 10.0. The van der Waals surface area contributed by atoms with Crippen molar-refractivity contribution < 1.29 is 13.7 Å². The van der Waals surface area contributed by atoms with Gasteiger partial charge in [-0.1, -0.05) is 0 Å². The maximum atomic E-state index is 11.8. The molecule has 0 aliphatic heterocycles. The molecular weight excluding hydrogens is 299 g/mol. The molecule has 72 valence electrons. The minimum atomic E-state index is -2.56. The molecule has 0 aromatic carbocycles. The van der Waals surface area contributed by atoms with E-state index in [1.54, 1.807) is 22.6 Å². The van der Waals surface area contributed by atoms with Gasteiger partial charge in [0, 0.05) is 0 Å². The minimum absolute atomic E-state index is 0.253. The number of aromatic nitrogens is 2. The van der Waals surface area contributed by atoms with Crippen molar-refractivity contribution in [3.8, 4) is 0 Å². The summed E-state index contributed by atoms with van der Waals surface area (Å²) in [5, 5.41) is 13.6. The number of nitro groups is 1. The average Bonchev–Trinajstić information content (AvgIpc) is 2.29. The van der Waals surface area contributed by atoms with Crippen molar-refractivity contribution in [2.24, 2.45) is 0 Å². The second-order valence-electron chi connectivity index (χ2n) is 2.17. The van der Waals surface area contributed by atoms with Crippen LogP contribution in [0.3, 0.4) is 0 Å². The first-order chi connectivity index (χ1) is 6.00. The fraction of sp³-hybridized carbons (Fsp3) is 0.400. The molecule has 0 N–H and O–H groups in total. The van der Waals surface area contributed by atoms with Gasteiger partial charge in [-0.25, -0.2) is 8.78 Å². The summed E-state index contributed by atoms with van der Waals surface area (Å²) in [4.78, 5) is 9.55. The van der Waals surface area contributed by atoms with Gasteiger partial charge in [-0.3, -0.25) is 0 Å². The number of hydrogen-bond donors (Lipinski definition) is 0. The highest BCUT2D eigenvalue weighted by Gasteiger charge is 2.19. The molecule has 0 saturated carbocycles. The molecule has 0 radical (unpaired) electrons. The van der Waals surface area contributed by atoms with Gasteiger partial charge in [0.1, 0.15) is 10.1 Å². The highest BCUT2D eigenvalue weighted by molar-refractivity contribution is 14.1. The van der Waals surface area contributed by atoms with Gasteiger partial charge in [0.05, 0.1) is 11.3 Å². The van der Waals surface area contributed by atoms with Crippen molar-refractivity contribution in [3.05, 3.63) is 19.9 Å². The predicted octanol–water partition coefficient (Wildman–Crippen LogP) is 1.66. The Morgan fingerprint density at radius 3 is 2.77 bits per heavy atom. The minimum Gasteiger partial charge on any atom is -0.358 e. The van der Waals surface area contributed by atoms with E-state index in [0.717, 1.165) is 4.68 Å². The van der Waals surface area contributed by atoms with Crippen LogP contribution in [0.1, 0.15) is 0 Å². The molecule has 0 aliphatic carbocycles. The molecule has 0 bridgehead atoms. The van der Waals surface area contributed by atoms with Crippen LogP contribution in [0.2, 0.25) is 0 Å². The first-order valence-corrected chi connectivity index (χ1v) is 4.24. The van der Waals surface area contributed by atoms with E-state index >= 15 is 0 Å². The van der Waals surface area contributed by atoms with Gasteiger partial charge < -0.3 is 10.1 Å². The van der Waals surface area contributed by atoms with Crippen LogP contribution >= 0.6 is 22.6 Å². The molecular formula is C5H4F2IN3O2. The van der Waals surface area contributed by atoms with Crippen LogP contribution in [0.15, 0.2) is 6.20 Å². The van der Waals surface area contributed by atoms with Gasteiger partial charge in [-0.2, -0.15) is 4.68 Å². The van der Waals surface area contributed by atoms with E-state index in [2.05, 4.69) is 5.10 Å². The van der Waals surface area contributed by atoms with Crippen LogP contribution in [0, 0.1) is 13.7 Å². The van der Waals surface area contributed by atoms with E-state index < -0.39 is 17.9 Å². The molecule has 1 rings (SSSR count). The van der Waals surface area contributed by atoms with Crippen LogP contribution in [0.25, 0.3) is 0 Å². The number of rotatable bonds is 3. The molecule has 0 spiro atoms. The lowest BCUT2D eigenvalue weighted by atomic mass is 10.6. The molecule has 0 fully saturated rings. The molecule has 1 aromatic rings. The molecule has 1 heterocycles. The van der Waals surface area contributed by atoms with Crippen LogP contribution in [-0.2, 0) is 6.54 Å². The third-order valence-corrected chi connectivity index (χ3v) is 1.96. The van der Waals surface area contributed by atoms with Crippen molar-refractivity contribution in [1.82, 2.24) is 9.78 Å². The van der Waals surface area contributed by atoms with Crippen molar-refractivity contribution in [2.75, 3.05) is 0 Å². The summed E-state index contributed by atoms with van der Waals surface area (Å²) >= 11 is 1.67. The van der Waals surface area contributed by atoms with Crippen LogP contribution in [-0.4, -0.2) is 21.1 Å². The fourth-order valence-electron chi connectivity index (χ4n) is 0.746. The molecule has 0 amide bonds. The SMILES string of the molecule is O=[N+]([O-])c1nn(CC(F)F)cc1I. The Morgan fingerprint density at radius 2 is 2.38 bits per heavy atom. The molecule has 13 heavy (non-hydrogen) atoms. The summed E-state index contributed by atoms with van der Waals surface area (Å²) in [6, 6.07) is 0. The van der Waals surface area contributed by atoms with E-state index in [4.69, 9.17) is 0 Å². The van der Waals surface area contributed by atoms with Crippen molar-refractivity contribution in [1.29, 1.82) is 0 Å². The Kier molecular flexibility index (Phi) is 3.12. The largest absolute Gasteiger partial charge is 0.403 e. The maximum Gasteiger partial charge on any atom is 0.403 e. The van der Waals surface area contributed by atoms with E-state index in [9.17, 15) is 18.9 Å². The van der Waals surface area contributed by atoms with Gasteiger partial charge in [-0.15, -0.1) is 0 Å². The zero-order valence-corrected chi connectivity index (χ0v) is 8.31. The van der Waals surface area contributed by atoms with E-state index in [1.165, 1.54) is 6.20 Å². The second-order valence-corrected chi connectivity index (χ2v) is 3.33. The number of hydrogen-bond acceptors (Lipinski definition) is 3. The van der Waals surface area contributed by atoms with Crippen molar-refractivity contribution >= 4 is 28.4 Å².